The monoisotopic (exact) mass is 216 g/mol. The molecule has 0 aliphatic heterocycles. The fourth-order valence-electron chi connectivity index (χ4n) is 1.76. The lowest BCUT2D eigenvalue weighted by Gasteiger charge is -2.22. The summed E-state index contributed by atoms with van der Waals surface area (Å²) in [5.74, 6) is 1.43. The predicted octanol–water partition coefficient (Wildman–Crippen LogP) is 4.39. The molecule has 0 aromatic carbocycles. The van der Waals surface area contributed by atoms with Crippen molar-refractivity contribution >= 4 is 19.8 Å². The molecule has 0 saturated heterocycles. The zero-order valence-corrected chi connectivity index (χ0v) is 11.3. The van der Waals surface area contributed by atoms with Crippen molar-refractivity contribution in [2.24, 2.45) is 0 Å². The molecular formula is C11H24SSi. The maximum atomic E-state index is 2.48. The zero-order valence-electron chi connectivity index (χ0n) is 9.44. The lowest BCUT2D eigenvalue weighted by molar-refractivity contribution is 0.516. The van der Waals surface area contributed by atoms with Gasteiger partial charge in [-0.2, -0.15) is 11.8 Å². The third-order valence-electron chi connectivity index (χ3n) is 2.76. The van der Waals surface area contributed by atoms with Gasteiger partial charge in [-0.05, 0) is 24.6 Å². The van der Waals surface area contributed by atoms with Crippen LogP contribution in [0.1, 0.15) is 32.1 Å². The van der Waals surface area contributed by atoms with Gasteiger partial charge in [0, 0.05) is 13.3 Å². The van der Waals surface area contributed by atoms with E-state index in [9.17, 15) is 0 Å². The fourth-order valence-corrected chi connectivity index (χ4v) is 5.68. The summed E-state index contributed by atoms with van der Waals surface area (Å²) >= 11 is 2.26. The summed E-state index contributed by atoms with van der Waals surface area (Å²) in [6, 6.07) is 1.51. The van der Waals surface area contributed by atoms with E-state index in [-0.39, 0.29) is 0 Å². The van der Waals surface area contributed by atoms with E-state index in [0.29, 0.717) is 0 Å². The van der Waals surface area contributed by atoms with Gasteiger partial charge in [0.15, 0.2) is 0 Å². The average Bonchev–Trinajstić information content (AvgIpc) is 2.04. The van der Waals surface area contributed by atoms with Gasteiger partial charge in [0.05, 0.1) is 0 Å². The molecule has 0 unspecified atom stereocenters. The Labute approximate surface area is 88.9 Å². The molecular weight excluding hydrogens is 192 g/mol. The molecule has 0 bridgehead atoms. The highest BCUT2D eigenvalue weighted by Gasteiger charge is 2.16. The predicted molar refractivity (Wildman–Crippen MR) is 67.5 cm³/mol. The van der Waals surface area contributed by atoms with Crippen molar-refractivity contribution in [1.82, 2.24) is 0 Å². The van der Waals surface area contributed by atoms with Crippen molar-refractivity contribution in [3.63, 3.8) is 0 Å². The highest BCUT2D eigenvalue weighted by Crippen LogP contribution is 2.29. The van der Waals surface area contributed by atoms with E-state index in [1.54, 1.807) is 0 Å². The standard InChI is InChI=1S/C11H24SSi/c1-13(2,3)10-9-12-11-7-5-4-6-8-11/h11H,4-10H2,1-3H3. The Balaban J connectivity index is 2.04. The number of hydrogen-bond acceptors (Lipinski definition) is 1. The van der Waals surface area contributed by atoms with Crippen LogP contribution in [0.4, 0.5) is 0 Å². The van der Waals surface area contributed by atoms with Crippen LogP contribution >= 0.6 is 11.8 Å². The van der Waals surface area contributed by atoms with E-state index in [0.717, 1.165) is 5.25 Å². The van der Waals surface area contributed by atoms with Crippen LogP contribution in [0.15, 0.2) is 0 Å². The van der Waals surface area contributed by atoms with Crippen LogP contribution in [0.3, 0.4) is 0 Å². The molecule has 0 atom stereocenters. The molecule has 1 saturated carbocycles. The molecule has 0 heterocycles. The maximum Gasteiger partial charge on any atom is 0.0450 e. The molecule has 2 heteroatoms. The van der Waals surface area contributed by atoms with E-state index in [1.807, 2.05) is 0 Å². The van der Waals surface area contributed by atoms with Crippen LogP contribution in [0.5, 0.6) is 0 Å². The quantitative estimate of drug-likeness (QED) is 0.628. The number of hydrogen-bond donors (Lipinski definition) is 0. The van der Waals surface area contributed by atoms with Crippen molar-refractivity contribution in [3.8, 4) is 0 Å². The molecule has 13 heavy (non-hydrogen) atoms. The third kappa shape index (κ3) is 5.79. The molecule has 0 aromatic rings. The Morgan fingerprint density at radius 1 is 1.08 bits per heavy atom. The van der Waals surface area contributed by atoms with Crippen molar-refractivity contribution < 1.29 is 0 Å². The molecule has 1 fully saturated rings. The molecule has 78 valence electrons. The molecule has 1 aliphatic rings. The van der Waals surface area contributed by atoms with Crippen LogP contribution in [0, 0.1) is 0 Å². The second-order valence-electron chi connectivity index (χ2n) is 5.44. The van der Waals surface area contributed by atoms with Crippen molar-refractivity contribution in [2.75, 3.05) is 5.75 Å². The molecule has 0 nitrogen and oxygen atoms in total. The second-order valence-corrected chi connectivity index (χ2v) is 12.5. The molecule has 0 spiro atoms. The number of thioether (sulfide) groups is 1. The van der Waals surface area contributed by atoms with Gasteiger partial charge in [-0.1, -0.05) is 38.9 Å². The van der Waals surface area contributed by atoms with Crippen LogP contribution in [0.2, 0.25) is 25.7 Å². The van der Waals surface area contributed by atoms with Crippen molar-refractivity contribution in [2.45, 2.75) is 63.0 Å². The Hall–Kier alpha value is 0.567. The summed E-state index contributed by atoms with van der Waals surface area (Å²) < 4.78 is 0. The van der Waals surface area contributed by atoms with Gasteiger partial charge >= 0.3 is 0 Å². The normalized spacial score (nSPS) is 20.5. The van der Waals surface area contributed by atoms with Gasteiger partial charge in [0.1, 0.15) is 0 Å². The van der Waals surface area contributed by atoms with Gasteiger partial charge in [0.2, 0.25) is 0 Å². The molecule has 0 amide bonds. The summed E-state index contributed by atoms with van der Waals surface area (Å²) in [7, 11) is -0.763. The first-order chi connectivity index (χ1) is 6.08. The van der Waals surface area contributed by atoms with Crippen molar-refractivity contribution in [3.05, 3.63) is 0 Å². The summed E-state index contributed by atoms with van der Waals surface area (Å²) in [4.78, 5) is 0. The first-order valence-electron chi connectivity index (χ1n) is 5.69. The smallest absolute Gasteiger partial charge is 0.0450 e. The zero-order chi connectivity index (χ0) is 9.73. The van der Waals surface area contributed by atoms with Gasteiger partial charge in [-0.25, -0.2) is 0 Å². The summed E-state index contributed by atoms with van der Waals surface area (Å²) in [5, 5.41) is 1.02. The number of rotatable bonds is 4. The summed E-state index contributed by atoms with van der Waals surface area (Å²) in [6.07, 6.45) is 7.47. The minimum Gasteiger partial charge on any atom is -0.159 e. The van der Waals surface area contributed by atoms with Gasteiger partial charge in [-0.15, -0.1) is 0 Å². The Bertz CT molecular complexity index is 134. The first kappa shape index (κ1) is 11.6. The van der Waals surface area contributed by atoms with Gasteiger partial charge in [0.25, 0.3) is 0 Å². The molecule has 0 N–H and O–H groups in total. The van der Waals surface area contributed by atoms with E-state index in [1.165, 1.54) is 43.9 Å². The largest absolute Gasteiger partial charge is 0.159 e. The van der Waals surface area contributed by atoms with Crippen LogP contribution in [-0.4, -0.2) is 19.1 Å². The SMILES string of the molecule is C[Si](C)(C)CCSC1CCCCC1. The van der Waals surface area contributed by atoms with Crippen LogP contribution in [0.25, 0.3) is 0 Å². The first-order valence-corrected chi connectivity index (χ1v) is 10.5. The molecule has 1 aliphatic carbocycles. The summed E-state index contributed by atoms with van der Waals surface area (Å²) in [6.45, 7) is 7.44. The fraction of sp³-hybridized carbons (Fsp3) is 1.00. The van der Waals surface area contributed by atoms with E-state index in [2.05, 4.69) is 31.4 Å². The minimum atomic E-state index is -0.763. The summed E-state index contributed by atoms with van der Waals surface area (Å²) in [5.41, 5.74) is 0. The van der Waals surface area contributed by atoms with Gasteiger partial charge < -0.3 is 0 Å². The van der Waals surface area contributed by atoms with Crippen molar-refractivity contribution in [1.29, 1.82) is 0 Å². The highest BCUT2D eigenvalue weighted by molar-refractivity contribution is 8.00. The average molecular weight is 216 g/mol. The minimum absolute atomic E-state index is 0.763. The molecule has 0 aromatic heterocycles. The van der Waals surface area contributed by atoms with E-state index in [4.69, 9.17) is 0 Å². The lowest BCUT2D eigenvalue weighted by atomic mass is 10.0. The Kier molecular flexibility index (Phi) is 4.88. The maximum absolute atomic E-state index is 2.48. The van der Waals surface area contributed by atoms with Crippen LogP contribution < -0.4 is 0 Å². The van der Waals surface area contributed by atoms with Gasteiger partial charge in [-0.3, -0.25) is 0 Å². The van der Waals surface area contributed by atoms with E-state index >= 15 is 0 Å². The van der Waals surface area contributed by atoms with Crippen LogP contribution in [-0.2, 0) is 0 Å². The second kappa shape index (κ2) is 5.45. The topological polar surface area (TPSA) is 0 Å². The van der Waals surface area contributed by atoms with E-state index < -0.39 is 8.07 Å². The Morgan fingerprint density at radius 3 is 2.23 bits per heavy atom. The Morgan fingerprint density at radius 2 is 1.69 bits per heavy atom. The lowest BCUT2D eigenvalue weighted by Crippen LogP contribution is -2.21. The molecule has 0 radical (unpaired) electrons. The third-order valence-corrected chi connectivity index (χ3v) is 6.25. The highest BCUT2D eigenvalue weighted by atomic mass is 32.2. The molecule has 1 rings (SSSR count).